The van der Waals surface area contributed by atoms with E-state index in [-0.39, 0.29) is 11.3 Å². The van der Waals surface area contributed by atoms with Crippen LogP contribution < -0.4 is 5.32 Å². The summed E-state index contributed by atoms with van der Waals surface area (Å²) < 4.78 is 7.62. The van der Waals surface area contributed by atoms with Crippen molar-refractivity contribution in [3.8, 4) is 0 Å². The first-order valence-corrected chi connectivity index (χ1v) is 5.84. The van der Waals surface area contributed by atoms with Crippen LogP contribution in [0.5, 0.6) is 0 Å². The number of aromatic amines is 1. The molecule has 0 aliphatic carbocycles. The molecule has 17 heavy (non-hydrogen) atoms. The molecule has 0 saturated heterocycles. The largest absolute Gasteiger partial charge is 0.304 e. The number of nitrogens with zero attached hydrogens (tertiary/aromatic N) is 3. The van der Waals surface area contributed by atoms with E-state index >= 15 is 0 Å². The van der Waals surface area contributed by atoms with Gasteiger partial charge in [0.05, 0.1) is 17.9 Å². The summed E-state index contributed by atoms with van der Waals surface area (Å²) in [5, 5.41) is 9.59. The second-order valence-electron chi connectivity index (χ2n) is 4.66. The Morgan fingerprint density at radius 3 is 2.76 bits per heavy atom. The van der Waals surface area contributed by atoms with Gasteiger partial charge in [0.2, 0.25) is 0 Å². The minimum absolute atomic E-state index is 0.0296. The number of H-pyrrole nitrogens is 1. The Morgan fingerprint density at radius 2 is 2.24 bits per heavy atom. The van der Waals surface area contributed by atoms with E-state index in [1.807, 2.05) is 6.07 Å². The van der Waals surface area contributed by atoms with Gasteiger partial charge in [0.25, 0.3) is 5.91 Å². The summed E-state index contributed by atoms with van der Waals surface area (Å²) in [6.07, 6.45) is 1.43. The van der Waals surface area contributed by atoms with Gasteiger partial charge in [-0.1, -0.05) is 20.8 Å². The lowest BCUT2D eigenvalue weighted by molar-refractivity contribution is 0.102. The van der Waals surface area contributed by atoms with Gasteiger partial charge in [-0.2, -0.15) is 13.8 Å². The van der Waals surface area contributed by atoms with Crippen molar-refractivity contribution >= 4 is 23.5 Å². The number of hydrogen-bond donors (Lipinski definition) is 2. The number of rotatable bonds is 2. The van der Waals surface area contributed by atoms with Gasteiger partial charge < -0.3 is 5.32 Å². The lowest BCUT2D eigenvalue weighted by Crippen LogP contribution is -2.12. The highest BCUT2D eigenvalue weighted by molar-refractivity contribution is 6.99. The summed E-state index contributed by atoms with van der Waals surface area (Å²) in [4.78, 5) is 11.7. The van der Waals surface area contributed by atoms with Gasteiger partial charge in [-0.25, -0.2) is 0 Å². The van der Waals surface area contributed by atoms with Crippen LogP contribution in [0, 0.1) is 0 Å². The summed E-state index contributed by atoms with van der Waals surface area (Å²) >= 11 is 0.999. The van der Waals surface area contributed by atoms with E-state index in [1.54, 1.807) is 0 Å². The topological polar surface area (TPSA) is 83.6 Å². The highest BCUT2D eigenvalue weighted by atomic mass is 32.1. The highest BCUT2D eigenvalue weighted by Gasteiger charge is 2.18. The van der Waals surface area contributed by atoms with E-state index < -0.39 is 0 Å². The zero-order valence-corrected chi connectivity index (χ0v) is 10.6. The molecule has 0 bridgehead atoms. The maximum absolute atomic E-state index is 11.7. The number of carbonyl (C=O) groups is 1. The van der Waals surface area contributed by atoms with E-state index in [2.05, 4.69) is 45.0 Å². The molecular formula is C10H13N5OS. The van der Waals surface area contributed by atoms with E-state index in [0.717, 1.165) is 17.4 Å². The van der Waals surface area contributed by atoms with Crippen molar-refractivity contribution in [1.82, 2.24) is 18.9 Å². The Labute approximate surface area is 103 Å². The quantitative estimate of drug-likeness (QED) is 0.852. The normalized spacial score (nSPS) is 11.5. The first-order valence-electron chi connectivity index (χ1n) is 5.11. The number of anilines is 1. The summed E-state index contributed by atoms with van der Waals surface area (Å²) in [7, 11) is 0. The molecule has 2 aromatic heterocycles. The second kappa shape index (κ2) is 4.25. The van der Waals surface area contributed by atoms with Crippen LogP contribution in [-0.4, -0.2) is 24.9 Å². The highest BCUT2D eigenvalue weighted by Crippen LogP contribution is 2.21. The van der Waals surface area contributed by atoms with Gasteiger partial charge in [-0.05, 0) is 0 Å². The molecule has 90 valence electrons. The number of aromatic nitrogens is 4. The molecule has 2 N–H and O–H groups in total. The van der Waals surface area contributed by atoms with E-state index in [1.165, 1.54) is 6.20 Å². The van der Waals surface area contributed by atoms with Crippen LogP contribution in [0.3, 0.4) is 0 Å². The van der Waals surface area contributed by atoms with Crippen LogP contribution in [-0.2, 0) is 5.41 Å². The first kappa shape index (κ1) is 11.7. The molecule has 0 fully saturated rings. The molecular weight excluding hydrogens is 238 g/mol. The van der Waals surface area contributed by atoms with Crippen molar-refractivity contribution in [2.24, 2.45) is 0 Å². The van der Waals surface area contributed by atoms with Crippen molar-refractivity contribution in [2.45, 2.75) is 26.2 Å². The van der Waals surface area contributed by atoms with Gasteiger partial charge >= 0.3 is 0 Å². The molecule has 0 unspecified atom stereocenters. The Kier molecular flexibility index (Phi) is 2.93. The minimum atomic E-state index is -0.300. The third-order valence-corrected chi connectivity index (χ3v) is 2.70. The standard InChI is InChI=1S/C10H13N5OS/c1-10(2,3)7-4-8(14-13-7)12-9(16)6-5-11-17-15-6/h4-5H,1-3H3,(H2,12,13,14,16). The number of nitrogens with one attached hydrogen (secondary N) is 2. The van der Waals surface area contributed by atoms with Crippen LogP contribution in [0.2, 0.25) is 0 Å². The van der Waals surface area contributed by atoms with Gasteiger partial charge in [-0.3, -0.25) is 9.89 Å². The minimum Gasteiger partial charge on any atom is -0.304 e. The SMILES string of the molecule is CC(C)(C)c1cc(NC(=O)c2cnsn2)n[nH]1. The molecule has 0 aliphatic rings. The van der Waals surface area contributed by atoms with Crippen molar-refractivity contribution in [3.05, 3.63) is 23.7 Å². The van der Waals surface area contributed by atoms with Gasteiger partial charge in [0, 0.05) is 17.2 Å². The summed E-state index contributed by atoms with van der Waals surface area (Å²) in [6, 6.07) is 1.82. The molecule has 0 aliphatic heterocycles. The molecule has 2 rings (SSSR count). The fourth-order valence-electron chi connectivity index (χ4n) is 1.22. The fourth-order valence-corrected chi connectivity index (χ4v) is 1.63. The maximum Gasteiger partial charge on any atom is 0.278 e. The van der Waals surface area contributed by atoms with Gasteiger partial charge in [0.1, 0.15) is 0 Å². The van der Waals surface area contributed by atoms with Crippen molar-refractivity contribution < 1.29 is 4.79 Å². The molecule has 1 amide bonds. The van der Waals surface area contributed by atoms with E-state index in [4.69, 9.17) is 0 Å². The summed E-state index contributed by atoms with van der Waals surface area (Å²) in [6.45, 7) is 6.20. The monoisotopic (exact) mass is 251 g/mol. The van der Waals surface area contributed by atoms with Crippen LogP contribution in [0.1, 0.15) is 37.0 Å². The Hall–Kier alpha value is -1.76. The zero-order chi connectivity index (χ0) is 12.5. The Bertz CT molecular complexity index is 511. The predicted octanol–water partition coefficient (Wildman–Crippen LogP) is 1.81. The molecule has 7 heteroatoms. The lowest BCUT2D eigenvalue weighted by Gasteiger charge is -2.14. The van der Waals surface area contributed by atoms with Crippen LogP contribution >= 0.6 is 11.7 Å². The molecule has 0 atom stereocenters. The summed E-state index contributed by atoms with van der Waals surface area (Å²) in [5.41, 5.74) is 1.23. The second-order valence-corrected chi connectivity index (χ2v) is 5.22. The van der Waals surface area contributed by atoms with Gasteiger partial charge in [-0.15, -0.1) is 0 Å². The molecule has 0 spiro atoms. The van der Waals surface area contributed by atoms with E-state index in [0.29, 0.717) is 11.5 Å². The molecule has 6 nitrogen and oxygen atoms in total. The Morgan fingerprint density at radius 1 is 1.47 bits per heavy atom. The van der Waals surface area contributed by atoms with Gasteiger partial charge in [0.15, 0.2) is 11.5 Å². The first-order chi connectivity index (χ1) is 7.97. The van der Waals surface area contributed by atoms with E-state index in [9.17, 15) is 4.79 Å². The van der Waals surface area contributed by atoms with Crippen LogP contribution in [0.25, 0.3) is 0 Å². The predicted molar refractivity (Wildman–Crippen MR) is 65.1 cm³/mol. The lowest BCUT2D eigenvalue weighted by atomic mass is 9.92. The number of hydrogen-bond acceptors (Lipinski definition) is 5. The third-order valence-electron chi connectivity index (χ3n) is 2.22. The average molecular weight is 251 g/mol. The number of amides is 1. The number of carbonyl (C=O) groups excluding carboxylic acids is 1. The molecule has 2 aromatic rings. The van der Waals surface area contributed by atoms with Crippen molar-refractivity contribution in [3.63, 3.8) is 0 Å². The Balaban J connectivity index is 2.10. The molecule has 0 radical (unpaired) electrons. The summed E-state index contributed by atoms with van der Waals surface area (Å²) in [5.74, 6) is 0.193. The molecule has 0 aromatic carbocycles. The molecule has 2 heterocycles. The zero-order valence-electron chi connectivity index (χ0n) is 9.81. The smallest absolute Gasteiger partial charge is 0.278 e. The van der Waals surface area contributed by atoms with Crippen LogP contribution in [0.4, 0.5) is 5.82 Å². The fraction of sp³-hybridized carbons (Fsp3) is 0.400. The maximum atomic E-state index is 11.7. The third kappa shape index (κ3) is 2.68. The van der Waals surface area contributed by atoms with Crippen molar-refractivity contribution in [1.29, 1.82) is 0 Å². The van der Waals surface area contributed by atoms with Crippen molar-refractivity contribution in [2.75, 3.05) is 5.32 Å². The average Bonchev–Trinajstić information content (AvgIpc) is 2.85. The molecule has 0 saturated carbocycles. The van der Waals surface area contributed by atoms with Crippen LogP contribution in [0.15, 0.2) is 12.3 Å².